The van der Waals surface area contributed by atoms with Crippen LogP contribution in [0, 0.1) is 0 Å². The average Bonchev–Trinajstić information content (AvgIpc) is 2.69. The highest BCUT2D eigenvalue weighted by atomic mass is 16.5. The zero-order valence-electron chi connectivity index (χ0n) is 8.99. The molecule has 1 aliphatic heterocycles. The van der Waals surface area contributed by atoms with Gasteiger partial charge in [0.2, 0.25) is 5.89 Å². The van der Waals surface area contributed by atoms with Gasteiger partial charge >= 0.3 is 0 Å². The fourth-order valence-electron chi connectivity index (χ4n) is 1.92. The van der Waals surface area contributed by atoms with Gasteiger partial charge in [-0.2, -0.15) is 4.98 Å². The Morgan fingerprint density at radius 1 is 1.53 bits per heavy atom. The van der Waals surface area contributed by atoms with Crippen molar-refractivity contribution in [2.24, 2.45) is 0 Å². The topological polar surface area (TPSA) is 71.2 Å². The largest absolute Gasteiger partial charge is 0.396 e. The van der Waals surface area contributed by atoms with Gasteiger partial charge in [-0.3, -0.25) is 0 Å². The Hall–Kier alpha value is -0.940. The Balaban J connectivity index is 2.12. The molecule has 1 fully saturated rings. The van der Waals surface area contributed by atoms with E-state index in [4.69, 9.17) is 9.63 Å². The van der Waals surface area contributed by atoms with Gasteiger partial charge in [0.25, 0.3) is 0 Å². The van der Waals surface area contributed by atoms with E-state index in [2.05, 4.69) is 22.4 Å². The number of nitrogens with one attached hydrogen (secondary N) is 1. The molecule has 1 aromatic heterocycles. The molecule has 1 aliphatic rings. The first-order valence-corrected chi connectivity index (χ1v) is 5.43. The molecule has 5 nitrogen and oxygen atoms in total. The molecule has 1 atom stereocenters. The van der Waals surface area contributed by atoms with Gasteiger partial charge in [0.05, 0.1) is 12.1 Å². The molecular formula is C10H17N3O2. The highest BCUT2D eigenvalue weighted by Crippen LogP contribution is 2.28. The fraction of sp³-hybridized carbons (Fsp3) is 0.800. The SMILES string of the molecule is CC1(c2nc(CCO)no2)CCCCN1. The second kappa shape index (κ2) is 4.28. The normalized spacial score (nSPS) is 26.8. The molecule has 0 radical (unpaired) electrons. The summed E-state index contributed by atoms with van der Waals surface area (Å²) in [6, 6.07) is 0. The van der Waals surface area contributed by atoms with Crippen LogP contribution in [0.4, 0.5) is 0 Å². The van der Waals surface area contributed by atoms with Crippen LogP contribution in [0.1, 0.15) is 37.9 Å². The quantitative estimate of drug-likeness (QED) is 0.765. The lowest BCUT2D eigenvalue weighted by atomic mass is 9.91. The van der Waals surface area contributed by atoms with Crippen molar-refractivity contribution in [3.8, 4) is 0 Å². The van der Waals surface area contributed by atoms with Crippen LogP contribution in [0.2, 0.25) is 0 Å². The molecule has 2 N–H and O–H groups in total. The van der Waals surface area contributed by atoms with E-state index in [1.165, 1.54) is 12.8 Å². The van der Waals surface area contributed by atoms with Gasteiger partial charge in [0.1, 0.15) is 0 Å². The smallest absolute Gasteiger partial charge is 0.246 e. The summed E-state index contributed by atoms with van der Waals surface area (Å²) in [6.45, 7) is 3.14. The summed E-state index contributed by atoms with van der Waals surface area (Å²) < 4.78 is 5.22. The summed E-state index contributed by atoms with van der Waals surface area (Å²) in [4.78, 5) is 4.30. The van der Waals surface area contributed by atoms with Crippen molar-refractivity contribution < 1.29 is 9.63 Å². The molecule has 1 saturated heterocycles. The fourth-order valence-corrected chi connectivity index (χ4v) is 1.92. The van der Waals surface area contributed by atoms with E-state index in [0.717, 1.165) is 13.0 Å². The van der Waals surface area contributed by atoms with Crippen molar-refractivity contribution in [3.05, 3.63) is 11.7 Å². The Bertz CT molecular complexity index is 318. The molecule has 1 aromatic rings. The minimum atomic E-state index is -0.182. The molecule has 0 aromatic carbocycles. The first-order valence-electron chi connectivity index (χ1n) is 5.43. The van der Waals surface area contributed by atoms with Crippen LogP contribution < -0.4 is 5.32 Å². The average molecular weight is 211 g/mol. The third-order valence-corrected chi connectivity index (χ3v) is 2.89. The maximum absolute atomic E-state index is 8.77. The van der Waals surface area contributed by atoms with E-state index in [0.29, 0.717) is 18.1 Å². The Kier molecular flexibility index (Phi) is 3.02. The Morgan fingerprint density at radius 2 is 2.40 bits per heavy atom. The molecule has 2 heterocycles. The third-order valence-electron chi connectivity index (χ3n) is 2.89. The van der Waals surface area contributed by atoms with Gasteiger partial charge in [-0.05, 0) is 32.7 Å². The van der Waals surface area contributed by atoms with Crippen molar-refractivity contribution >= 4 is 0 Å². The van der Waals surface area contributed by atoms with Crippen LogP contribution in [0.3, 0.4) is 0 Å². The molecule has 84 valence electrons. The number of nitrogens with zero attached hydrogens (tertiary/aromatic N) is 2. The summed E-state index contributed by atoms with van der Waals surface area (Å²) in [7, 11) is 0. The minimum absolute atomic E-state index is 0.0586. The number of hydrogen-bond acceptors (Lipinski definition) is 5. The lowest BCUT2D eigenvalue weighted by Crippen LogP contribution is -2.43. The summed E-state index contributed by atoms with van der Waals surface area (Å²) >= 11 is 0. The van der Waals surface area contributed by atoms with E-state index < -0.39 is 0 Å². The van der Waals surface area contributed by atoms with Crippen LogP contribution >= 0.6 is 0 Å². The molecule has 0 spiro atoms. The summed E-state index contributed by atoms with van der Waals surface area (Å²) in [5.41, 5.74) is -0.182. The summed E-state index contributed by atoms with van der Waals surface area (Å²) in [5.74, 6) is 1.23. The minimum Gasteiger partial charge on any atom is -0.396 e. The second-order valence-corrected chi connectivity index (χ2v) is 4.21. The van der Waals surface area contributed by atoms with E-state index in [9.17, 15) is 0 Å². The standard InChI is InChI=1S/C10H17N3O2/c1-10(5-2-3-6-11-10)9-12-8(4-7-14)13-15-9/h11,14H,2-7H2,1H3. The second-order valence-electron chi connectivity index (χ2n) is 4.21. The molecule has 15 heavy (non-hydrogen) atoms. The first-order chi connectivity index (χ1) is 7.24. The van der Waals surface area contributed by atoms with Crippen molar-refractivity contribution in [2.75, 3.05) is 13.2 Å². The van der Waals surface area contributed by atoms with Crippen LogP contribution in [-0.4, -0.2) is 28.4 Å². The highest BCUT2D eigenvalue weighted by molar-refractivity contribution is 5.03. The number of aromatic nitrogens is 2. The van der Waals surface area contributed by atoms with Gasteiger partial charge < -0.3 is 14.9 Å². The zero-order valence-corrected chi connectivity index (χ0v) is 8.99. The molecule has 0 bridgehead atoms. The number of aliphatic hydroxyl groups excluding tert-OH is 1. The van der Waals surface area contributed by atoms with Crippen LogP contribution in [0.15, 0.2) is 4.52 Å². The number of aliphatic hydroxyl groups is 1. The number of rotatable bonds is 3. The highest BCUT2D eigenvalue weighted by Gasteiger charge is 2.33. The van der Waals surface area contributed by atoms with E-state index >= 15 is 0 Å². The molecule has 0 saturated carbocycles. The monoisotopic (exact) mass is 211 g/mol. The summed E-state index contributed by atoms with van der Waals surface area (Å²) in [6.07, 6.45) is 3.86. The van der Waals surface area contributed by atoms with Crippen molar-refractivity contribution in [1.82, 2.24) is 15.5 Å². The Labute approximate surface area is 88.9 Å². The molecule has 5 heteroatoms. The maximum Gasteiger partial charge on any atom is 0.246 e. The molecule has 0 aliphatic carbocycles. The van der Waals surface area contributed by atoms with Crippen LogP contribution in [0.5, 0.6) is 0 Å². The van der Waals surface area contributed by atoms with Crippen molar-refractivity contribution in [1.29, 1.82) is 0 Å². The van der Waals surface area contributed by atoms with Gasteiger partial charge in [0, 0.05) is 6.42 Å². The third kappa shape index (κ3) is 2.18. The number of piperidine rings is 1. The first kappa shape index (κ1) is 10.6. The lowest BCUT2D eigenvalue weighted by molar-refractivity contribution is 0.206. The van der Waals surface area contributed by atoms with Gasteiger partial charge in [-0.15, -0.1) is 0 Å². The lowest BCUT2D eigenvalue weighted by Gasteiger charge is -2.31. The van der Waals surface area contributed by atoms with Gasteiger partial charge in [-0.25, -0.2) is 0 Å². The number of hydrogen-bond donors (Lipinski definition) is 2. The van der Waals surface area contributed by atoms with E-state index in [-0.39, 0.29) is 12.1 Å². The molecular weight excluding hydrogens is 194 g/mol. The van der Waals surface area contributed by atoms with Crippen molar-refractivity contribution in [3.63, 3.8) is 0 Å². The van der Waals surface area contributed by atoms with Crippen LogP contribution in [0.25, 0.3) is 0 Å². The molecule has 1 unspecified atom stereocenters. The predicted molar refractivity (Wildman–Crippen MR) is 54.3 cm³/mol. The van der Waals surface area contributed by atoms with Crippen LogP contribution in [-0.2, 0) is 12.0 Å². The van der Waals surface area contributed by atoms with Crippen molar-refractivity contribution in [2.45, 2.75) is 38.1 Å². The Morgan fingerprint density at radius 3 is 3.07 bits per heavy atom. The zero-order chi connectivity index (χ0) is 10.7. The van der Waals surface area contributed by atoms with Gasteiger partial charge in [0.15, 0.2) is 5.82 Å². The maximum atomic E-state index is 8.77. The predicted octanol–water partition coefficient (Wildman–Crippen LogP) is 0.593. The van der Waals surface area contributed by atoms with E-state index in [1.807, 2.05) is 0 Å². The molecule has 0 amide bonds. The summed E-state index contributed by atoms with van der Waals surface area (Å²) in [5, 5.41) is 16.0. The molecule has 2 rings (SSSR count). The van der Waals surface area contributed by atoms with E-state index in [1.54, 1.807) is 0 Å². The van der Waals surface area contributed by atoms with Gasteiger partial charge in [-0.1, -0.05) is 5.16 Å².